The van der Waals surface area contributed by atoms with Gasteiger partial charge in [-0.1, -0.05) is 67.2 Å². The van der Waals surface area contributed by atoms with E-state index in [1.807, 2.05) is 0 Å². The molecule has 0 spiro atoms. The van der Waals surface area contributed by atoms with Gasteiger partial charge in [0.05, 0.1) is 0 Å². The van der Waals surface area contributed by atoms with Crippen LogP contribution in [0.25, 0.3) is 0 Å². The predicted molar refractivity (Wildman–Crippen MR) is 113 cm³/mol. The van der Waals surface area contributed by atoms with Crippen LogP contribution in [0.3, 0.4) is 0 Å². The van der Waals surface area contributed by atoms with Crippen molar-refractivity contribution in [2.24, 2.45) is 23.7 Å². The van der Waals surface area contributed by atoms with Gasteiger partial charge in [-0.25, -0.2) is 0 Å². The summed E-state index contributed by atoms with van der Waals surface area (Å²) in [7, 11) is 0.204. The van der Waals surface area contributed by atoms with Crippen molar-refractivity contribution in [3.8, 4) is 0 Å². The number of rotatable bonds is 5. The second-order valence-electron chi connectivity index (χ2n) is 11.0. The Labute approximate surface area is 159 Å². The molecular formula is C24H43P. The predicted octanol–water partition coefficient (Wildman–Crippen LogP) is 7.99. The van der Waals surface area contributed by atoms with Gasteiger partial charge < -0.3 is 0 Å². The fourth-order valence-electron chi connectivity index (χ4n) is 8.22. The summed E-state index contributed by atoms with van der Waals surface area (Å²) in [5.41, 5.74) is 0. The van der Waals surface area contributed by atoms with Crippen molar-refractivity contribution in [2.45, 2.75) is 121 Å². The molecule has 0 aromatic carbocycles. The van der Waals surface area contributed by atoms with Gasteiger partial charge in [0.25, 0.3) is 0 Å². The van der Waals surface area contributed by atoms with Gasteiger partial charge in [-0.15, -0.1) is 0 Å². The molecule has 6 atom stereocenters. The Morgan fingerprint density at radius 3 is 2.28 bits per heavy atom. The maximum Gasteiger partial charge on any atom is -0.00844 e. The minimum atomic E-state index is 0.204. The molecule has 0 aliphatic heterocycles. The topological polar surface area (TPSA) is 0 Å². The molecule has 0 amide bonds. The van der Waals surface area contributed by atoms with Gasteiger partial charge in [-0.2, -0.15) is 0 Å². The molecule has 1 heteroatoms. The van der Waals surface area contributed by atoms with Gasteiger partial charge in [0.1, 0.15) is 0 Å². The summed E-state index contributed by atoms with van der Waals surface area (Å²) in [5.74, 6) is 4.30. The van der Waals surface area contributed by atoms with E-state index < -0.39 is 0 Å². The first-order valence-corrected chi connectivity index (χ1v) is 13.3. The van der Waals surface area contributed by atoms with E-state index in [1.165, 1.54) is 12.8 Å². The smallest absolute Gasteiger partial charge is 0.00844 e. The van der Waals surface area contributed by atoms with Crippen molar-refractivity contribution in [1.29, 1.82) is 0 Å². The Kier molecular flexibility index (Phi) is 5.60. The highest BCUT2D eigenvalue weighted by molar-refractivity contribution is 7.61. The maximum atomic E-state index is 2.80. The first-order chi connectivity index (χ1) is 12.0. The second kappa shape index (κ2) is 7.45. The van der Waals surface area contributed by atoms with Gasteiger partial charge in [-0.3, -0.25) is 0 Å². The van der Waals surface area contributed by atoms with Crippen LogP contribution in [-0.2, 0) is 0 Å². The Bertz CT molecular complexity index is 441. The van der Waals surface area contributed by atoms with Gasteiger partial charge in [0, 0.05) is 0 Å². The third-order valence-corrected chi connectivity index (χ3v) is 12.9. The molecule has 6 unspecified atom stereocenters. The van der Waals surface area contributed by atoms with Crippen LogP contribution in [-0.4, -0.2) is 16.5 Å². The summed E-state index contributed by atoms with van der Waals surface area (Å²) in [6.07, 6.45) is 23.5. The zero-order chi connectivity index (χ0) is 17.5. The zero-order valence-electron chi connectivity index (χ0n) is 17.4. The quantitative estimate of drug-likeness (QED) is 0.435. The van der Waals surface area contributed by atoms with Gasteiger partial charge in [0.2, 0.25) is 0 Å². The summed E-state index contributed by atoms with van der Waals surface area (Å²) >= 11 is 0. The van der Waals surface area contributed by atoms with E-state index in [0.29, 0.717) is 0 Å². The molecular weight excluding hydrogens is 319 g/mol. The van der Waals surface area contributed by atoms with E-state index in [-0.39, 0.29) is 7.92 Å². The summed E-state index contributed by atoms with van der Waals surface area (Å²) < 4.78 is 0. The van der Waals surface area contributed by atoms with Gasteiger partial charge in [-0.05, 0) is 91.5 Å². The summed E-state index contributed by atoms with van der Waals surface area (Å²) in [6, 6.07) is 0. The molecule has 0 radical (unpaired) electrons. The number of hydrogen-bond donors (Lipinski definition) is 0. The Morgan fingerprint density at radius 1 is 0.880 bits per heavy atom. The molecule has 4 bridgehead atoms. The lowest BCUT2D eigenvalue weighted by atomic mass is 9.67. The molecule has 0 N–H and O–H groups in total. The van der Waals surface area contributed by atoms with E-state index in [9.17, 15) is 0 Å². The van der Waals surface area contributed by atoms with Crippen molar-refractivity contribution < 1.29 is 0 Å². The molecule has 144 valence electrons. The van der Waals surface area contributed by atoms with Gasteiger partial charge in [0.15, 0.2) is 0 Å². The van der Waals surface area contributed by atoms with Crippen LogP contribution >= 0.6 is 7.92 Å². The molecule has 0 aromatic heterocycles. The molecule has 25 heavy (non-hydrogen) atoms. The average Bonchev–Trinajstić information content (AvgIpc) is 2.53. The minimum Gasteiger partial charge on any atom is -0.0942 e. The van der Waals surface area contributed by atoms with Crippen LogP contribution in [0.15, 0.2) is 0 Å². The maximum absolute atomic E-state index is 2.80. The first kappa shape index (κ1) is 18.8. The number of unbranched alkanes of at least 4 members (excludes halogenated alkanes) is 1. The Morgan fingerprint density at radius 2 is 1.56 bits per heavy atom. The van der Waals surface area contributed by atoms with Crippen LogP contribution in [0.2, 0.25) is 0 Å². The zero-order valence-corrected chi connectivity index (χ0v) is 18.3. The molecule has 4 aliphatic rings. The fraction of sp³-hybridized carbons (Fsp3) is 1.00. The highest BCUT2D eigenvalue weighted by Crippen LogP contribution is 2.73. The van der Waals surface area contributed by atoms with Crippen molar-refractivity contribution >= 4 is 7.92 Å². The van der Waals surface area contributed by atoms with Gasteiger partial charge >= 0.3 is 0 Å². The molecule has 0 saturated heterocycles. The lowest BCUT2D eigenvalue weighted by molar-refractivity contribution is 0.144. The average molecular weight is 363 g/mol. The highest BCUT2D eigenvalue weighted by atomic mass is 31.1. The normalized spacial score (nSPS) is 48.1. The lowest BCUT2D eigenvalue weighted by Crippen LogP contribution is -2.48. The van der Waals surface area contributed by atoms with E-state index in [2.05, 4.69) is 20.8 Å². The molecule has 4 fully saturated rings. The van der Waals surface area contributed by atoms with Crippen molar-refractivity contribution in [1.82, 2.24) is 0 Å². The third kappa shape index (κ3) is 3.73. The SMILES string of the molecule is CCCCP(C1(C)CC2CCCC(C2)C1)C12CCCC(CC(C)C1)C2. The largest absolute Gasteiger partial charge is 0.0942 e. The molecule has 0 nitrogen and oxygen atoms in total. The summed E-state index contributed by atoms with van der Waals surface area (Å²) in [5, 5.41) is 1.53. The standard InChI is InChI=1S/C24H43P/c1-4-5-12-25(23(3)16-21-8-6-9-22(14-21)17-23)24-11-7-10-20(18-24)13-19(2)15-24/h19-22H,4-18H2,1-3H3. The van der Waals surface area contributed by atoms with Crippen LogP contribution < -0.4 is 0 Å². The highest BCUT2D eigenvalue weighted by Gasteiger charge is 2.54. The second-order valence-corrected chi connectivity index (χ2v) is 14.4. The molecule has 0 aromatic rings. The van der Waals surface area contributed by atoms with Crippen molar-refractivity contribution in [3.05, 3.63) is 0 Å². The van der Waals surface area contributed by atoms with E-state index in [0.717, 1.165) is 34.0 Å². The monoisotopic (exact) mass is 362 g/mol. The first-order valence-electron chi connectivity index (χ1n) is 11.8. The van der Waals surface area contributed by atoms with E-state index >= 15 is 0 Å². The third-order valence-electron chi connectivity index (χ3n) is 8.70. The molecule has 0 heterocycles. The molecule has 4 saturated carbocycles. The van der Waals surface area contributed by atoms with E-state index in [4.69, 9.17) is 0 Å². The fourth-order valence-corrected chi connectivity index (χ4v) is 13.4. The number of hydrogen-bond acceptors (Lipinski definition) is 0. The van der Waals surface area contributed by atoms with Crippen LogP contribution in [0.1, 0.15) is 111 Å². The minimum absolute atomic E-state index is 0.204. The van der Waals surface area contributed by atoms with Crippen molar-refractivity contribution in [2.75, 3.05) is 6.16 Å². The van der Waals surface area contributed by atoms with Crippen molar-refractivity contribution in [3.63, 3.8) is 0 Å². The molecule has 4 aliphatic carbocycles. The summed E-state index contributed by atoms with van der Waals surface area (Å²) in [4.78, 5) is 0. The van der Waals surface area contributed by atoms with E-state index in [1.54, 1.807) is 83.2 Å². The van der Waals surface area contributed by atoms with Crippen LogP contribution in [0.4, 0.5) is 0 Å². The lowest BCUT2D eigenvalue weighted by Gasteiger charge is -2.60. The summed E-state index contributed by atoms with van der Waals surface area (Å²) in [6.45, 7) is 7.82. The Hall–Kier alpha value is 0.430. The number of fused-ring (bicyclic) bond motifs is 4. The van der Waals surface area contributed by atoms with Crippen LogP contribution in [0.5, 0.6) is 0 Å². The Balaban J connectivity index is 1.62. The van der Waals surface area contributed by atoms with Crippen LogP contribution in [0, 0.1) is 23.7 Å². The molecule has 4 rings (SSSR count).